The van der Waals surface area contributed by atoms with Crippen molar-refractivity contribution in [3.05, 3.63) is 52.8 Å². The van der Waals surface area contributed by atoms with E-state index in [1.165, 1.54) is 6.20 Å². The predicted molar refractivity (Wildman–Crippen MR) is 79.9 cm³/mol. The first kappa shape index (κ1) is 13.5. The zero-order chi connectivity index (χ0) is 13.8. The summed E-state index contributed by atoms with van der Waals surface area (Å²) >= 11 is 3.39. The maximum Gasteiger partial charge on any atom is 0.231 e. The summed E-state index contributed by atoms with van der Waals surface area (Å²) in [6, 6.07) is 9.42. The molecule has 0 atom stereocenters. The molecule has 1 aromatic carbocycles. The van der Waals surface area contributed by atoms with E-state index < -0.39 is 0 Å². The molecule has 0 bridgehead atoms. The van der Waals surface area contributed by atoms with Crippen LogP contribution < -0.4 is 10.6 Å². The van der Waals surface area contributed by atoms with Gasteiger partial charge in [0.25, 0.3) is 0 Å². The molecule has 4 nitrogen and oxygen atoms in total. The van der Waals surface area contributed by atoms with Crippen LogP contribution in [0.15, 0.2) is 47.2 Å². The molecule has 2 N–H and O–H groups in total. The van der Waals surface area contributed by atoms with Crippen molar-refractivity contribution in [3.63, 3.8) is 0 Å². The molecule has 98 valence electrons. The number of nitrogen functional groups attached to an aromatic ring is 1. The molecule has 5 heteroatoms. The highest BCUT2D eigenvalue weighted by atomic mass is 79.9. The van der Waals surface area contributed by atoms with E-state index in [4.69, 9.17) is 5.73 Å². The minimum absolute atomic E-state index is 0.0176. The third-order valence-corrected chi connectivity index (χ3v) is 3.30. The number of pyridine rings is 1. The lowest BCUT2D eigenvalue weighted by Crippen LogP contribution is -2.28. The SMILES string of the molecule is CN(C(=O)Cc1cccc(Br)c1)c1ccncc1N. The van der Waals surface area contributed by atoms with Crippen molar-refractivity contribution in [3.8, 4) is 0 Å². The largest absolute Gasteiger partial charge is 0.396 e. The highest BCUT2D eigenvalue weighted by Gasteiger charge is 2.13. The summed E-state index contributed by atoms with van der Waals surface area (Å²) in [6.45, 7) is 0. The Hall–Kier alpha value is -1.88. The van der Waals surface area contributed by atoms with E-state index in [0.717, 1.165) is 10.0 Å². The third-order valence-electron chi connectivity index (χ3n) is 2.81. The number of hydrogen-bond acceptors (Lipinski definition) is 3. The number of halogens is 1. The van der Waals surface area contributed by atoms with Gasteiger partial charge in [0.15, 0.2) is 0 Å². The number of likely N-dealkylation sites (N-methyl/N-ethyl adjacent to an activating group) is 1. The quantitative estimate of drug-likeness (QED) is 0.946. The lowest BCUT2D eigenvalue weighted by molar-refractivity contribution is -0.117. The van der Waals surface area contributed by atoms with Gasteiger partial charge in [-0.25, -0.2) is 0 Å². The van der Waals surface area contributed by atoms with Crippen molar-refractivity contribution >= 4 is 33.2 Å². The normalized spacial score (nSPS) is 10.2. The molecule has 1 amide bonds. The Morgan fingerprint density at radius 3 is 2.89 bits per heavy atom. The zero-order valence-corrected chi connectivity index (χ0v) is 12.1. The lowest BCUT2D eigenvalue weighted by Gasteiger charge is -2.18. The first-order valence-electron chi connectivity index (χ1n) is 5.78. The van der Waals surface area contributed by atoms with E-state index in [-0.39, 0.29) is 5.91 Å². The van der Waals surface area contributed by atoms with Crippen LogP contribution in [0.3, 0.4) is 0 Å². The number of carbonyl (C=O) groups excluding carboxylic acids is 1. The molecule has 0 unspecified atom stereocenters. The summed E-state index contributed by atoms with van der Waals surface area (Å²) in [5.74, 6) is -0.0176. The summed E-state index contributed by atoms with van der Waals surface area (Å²) in [6.07, 6.45) is 3.49. The maximum absolute atomic E-state index is 12.2. The van der Waals surface area contributed by atoms with Crippen LogP contribution in [0.25, 0.3) is 0 Å². The van der Waals surface area contributed by atoms with Crippen LogP contribution in [0.2, 0.25) is 0 Å². The van der Waals surface area contributed by atoms with Gasteiger partial charge in [-0.3, -0.25) is 9.78 Å². The van der Waals surface area contributed by atoms with Gasteiger partial charge in [-0.1, -0.05) is 28.1 Å². The van der Waals surface area contributed by atoms with E-state index in [9.17, 15) is 4.79 Å². The fraction of sp³-hybridized carbons (Fsp3) is 0.143. The molecule has 1 aromatic heterocycles. The number of carbonyl (C=O) groups is 1. The molecular formula is C14H14BrN3O. The first-order valence-corrected chi connectivity index (χ1v) is 6.57. The van der Waals surface area contributed by atoms with Gasteiger partial charge in [0.05, 0.1) is 24.0 Å². The lowest BCUT2D eigenvalue weighted by atomic mass is 10.1. The average molecular weight is 320 g/mol. The topological polar surface area (TPSA) is 59.2 Å². The maximum atomic E-state index is 12.2. The van der Waals surface area contributed by atoms with Crippen LogP contribution in [-0.4, -0.2) is 17.9 Å². The fourth-order valence-corrected chi connectivity index (χ4v) is 2.23. The van der Waals surface area contributed by atoms with E-state index in [2.05, 4.69) is 20.9 Å². The Kier molecular flexibility index (Phi) is 4.16. The molecule has 0 spiro atoms. The van der Waals surface area contributed by atoms with Crippen molar-refractivity contribution in [1.82, 2.24) is 4.98 Å². The van der Waals surface area contributed by atoms with E-state index in [1.807, 2.05) is 24.3 Å². The Bertz CT molecular complexity index is 601. The van der Waals surface area contributed by atoms with Gasteiger partial charge < -0.3 is 10.6 Å². The van der Waals surface area contributed by atoms with Crippen LogP contribution in [0.4, 0.5) is 11.4 Å². The second kappa shape index (κ2) is 5.84. The number of rotatable bonds is 3. The summed E-state index contributed by atoms with van der Waals surface area (Å²) in [7, 11) is 1.71. The molecule has 2 rings (SSSR count). The van der Waals surface area contributed by atoms with Crippen LogP contribution in [-0.2, 0) is 11.2 Å². The highest BCUT2D eigenvalue weighted by Crippen LogP contribution is 2.21. The molecule has 0 aliphatic rings. The van der Waals surface area contributed by atoms with Gasteiger partial charge in [-0.15, -0.1) is 0 Å². The monoisotopic (exact) mass is 319 g/mol. The number of nitrogens with zero attached hydrogens (tertiary/aromatic N) is 2. The van der Waals surface area contributed by atoms with Crippen molar-refractivity contribution in [1.29, 1.82) is 0 Å². The number of amides is 1. The third kappa shape index (κ3) is 3.32. The highest BCUT2D eigenvalue weighted by molar-refractivity contribution is 9.10. The van der Waals surface area contributed by atoms with Crippen molar-refractivity contribution in [2.75, 3.05) is 17.7 Å². The van der Waals surface area contributed by atoms with Crippen molar-refractivity contribution < 1.29 is 4.79 Å². The Morgan fingerprint density at radius 1 is 1.42 bits per heavy atom. The second-order valence-electron chi connectivity index (χ2n) is 4.19. The van der Waals surface area contributed by atoms with Crippen LogP contribution in [0, 0.1) is 0 Å². The number of anilines is 2. The van der Waals surface area contributed by atoms with Gasteiger partial charge in [0, 0.05) is 17.7 Å². The molecule has 19 heavy (non-hydrogen) atoms. The summed E-state index contributed by atoms with van der Waals surface area (Å²) < 4.78 is 0.962. The molecule has 2 aromatic rings. The molecule has 0 radical (unpaired) electrons. The zero-order valence-electron chi connectivity index (χ0n) is 10.5. The smallest absolute Gasteiger partial charge is 0.231 e. The molecule has 1 heterocycles. The van der Waals surface area contributed by atoms with Gasteiger partial charge >= 0.3 is 0 Å². The van der Waals surface area contributed by atoms with Crippen LogP contribution in [0.5, 0.6) is 0 Å². The standard InChI is InChI=1S/C14H14BrN3O/c1-18(13-5-6-17-9-12(13)16)14(19)8-10-3-2-4-11(15)7-10/h2-7,9H,8,16H2,1H3. The Labute approximate surface area is 120 Å². The van der Waals surface area contributed by atoms with Gasteiger partial charge in [-0.05, 0) is 23.8 Å². The van der Waals surface area contributed by atoms with E-state index in [0.29, 0.717) is 17.8 Å². The molecule has 0 saturated carbocycles. The Morgan fingerprint density at radius 2 is 2.21 bits per heavy atom. The number of benzene rings is 1. The van der Waals surface area contributed by atoms with Gasteiger partial charge in [0.2, 0.25) is 5.91 Å². The second-order valence-corrected chi connectivity index (χ2v) is 5.11. The Balaban J connectivity index is 2.14. The van der Waals surface area contributed by atoms with Gasteiger partial charge in [-0.2, -0.15) is 0 Å². The number of aromatic nitrogens is 1. The molecule has 0 aliphatic heterocycles. The predicted octanol–water partition coefficient (Wildman–Crippen LogP) is 2.63. The molecule has 0 aliphatic carbocycles. The fourth-order valence-electron chi connectivity index (χ4n) is 1.78. The van der Waals surface area contributed by atoms with Crippen molar-refractivity contribution in [2.24, 2.45) is 0 Å². The molecular weight excluding hydrogens is 306 g/mol. The number of hydrogen-bond donors (Lipinski definition) is 1. The molecule has 0 fully saturated rings. The summed E-state index contributed by atoms with van der Waals surface area (Å²) in [5.41, 5.74) is 7.94. The van der Waals surface area contributed by atoms with Gasteiger partial charge in [0.1, 0.15) is 0 Å². The minimum atomic E-state index is -0.0176. The van der Waals surface area contributed by atoms with Crippen molar-refractivity contribution in [2.45, 2.75) is 6.42 Å². The minimum Gasteiger partial charge on any atom is -0.396 e. The van der Waals surface area contributed by atoms with Crippen LogP contribution in [0.1, 0.15) is 5.56 Å². The first-order chi connectivity index (χ1) is 9.08. The average Bonchev–Trinajstić information content (AvgIpc) is 2.38. The molecule has 0 saturated heterocycles. The van der Waals surface area contributed by atoms with Crippen LogP contribution >= 0.6 is 15.9 Å². The van der Waals surface area contributed by atoms with E-state index in [1.54, 1.807) is 24.2 Å². The summed E-state index contributed by atoms with van der Waals surface area (Å²) in [4.78, 5) is 17.7. The van der Waals surface area contributed by atoms with E-state index >= 15 is 0 Å². The number of nitrogens with two attached hydrogens (primary N) is 1. The summed E-state index contributed by atoms with van der Waals surface area (Å²) in [5, 5.41) is 0.